The molecule has 4 rings (SSSR count). The molecule has 0 bridgehead atoms. The second kappa shape index (κ2) is 6.84. The van der Waals surface area contributed by atoms with Gasteiger partial charge in [-0.15, -0.1) is 0 Å². The van der Waals surface area contributed by atoms with Crippen molar-refractivity contribution in [1.29, 1.82) is 0 Å². The normalized spacial score (nSPS) is 19.9. The molecule has 1 aliphatic rings. The highest BCUT2D eigenvalue weighted by molar-refractivity contribution is 5.99. The van der Waals surface area contributed by atoms with E-state index in [0.29, 0.717) is 17.1 Å². The highest BCUT2D eigenvalue weighted by Gasteiger charge is 2.24. The maximum Gasteiger partial charge on any atom is 0.271 e. The third kappa shape index (κ3) is 3.28. The van der Waals surface area contributed by atoms with Gasteiger partial charge in [-0.1, -0.05) is 0 Å². The fourth-order valence-electron chi connectivity index (χ4n) is 3.49. The first kappa shape index (κ1) is 17.2. The van der Waals surface area contributed by atoms with Gasteiger partial charge in [0.05, 0.1) is 6.26 Å². The third-order valence-corrected chi connectivity index (χ3v) is 4.79. The van der Waals surface area contributed by atoms with Gasteiger partial charge in [0.1, 0.15) is 17.7 Å². The Hall–Kier alpha value is -3.20. The van der Waals surface area contributed by atoms with Crippen molar-refractivity contribution in [3.63, 3.8) is 0 Å². The molecule has 3 aromatic rings. The van der Waals surface area contributed by atoms with Gasteiger partial charge >= 0.3 is 0 Å². The van der Waals surface area contributed by atoms with E-state index in [1.54, 1.807) is 18.2 Å². The molecule has 0 aliphatic heterocycles. The van der Waals surface area contributed by atoms with Crippen LogP contribution in [0, 0.1) is 0 Å². The molecule has 1 aliphatic carbocycles. The second-order valence-electron chi connectivity index (χ2n) is 6.75. The lowest BCUT2D eigenvalue weighted by Gasteiger charge is -2.27. The van der Waals surface area contributed by atoms with E-state index in [1.165, 1.54) is 17.0 Å². The number of hydrogen-bond acceptors (Lipinski definition) is 6. The molecule has 3 heterocycles. The van der Waals surface area contributed by atoms with E-state index in [-0.39, 0.29) is 29.3 Å². The Morgan fingerprint density at radius 1 is 1.33 bits per heavy atom. The minimum absolute atomic E-state index is 0.00264. The summed E-state index contributed by atoms with van der Waals surface area (Å²) < 4.78 is 6.85. The van der Waals surface area contributed by atoms with Crippen LogP contribution in [-0.4, -0.2) is 38.3 Å². The number of carbonyl (C=O) groups excluding carboxylic acids is 2. The van der Waals surface area contributed by atoms with E-state index < -0.39 is 5.91 Å². The van der Waals surface area contributed by atoms with Crippen molar-refractivity contribution in [3.8, 4) is 11.5 Å². The average molecular weight is 368 g/mol. The number of hydrogen-bond donors (Lipinski definition) is 3. The molecule has 9 nitrogen and oxygen atoms in total. The van der Waals surface area contributed by atoms with Gasteiger partial charge in [0.2, 0.25) is 0 Å². The predicted octanol–water partition coefficient (Wildman–Crippen LogP) is 1.09. The van der Waals surface area contributed by atoms with Gasteiger partial charge in [-0.2, -0.15) is 0 Å². The maximum atomic E-state index is 13.0. The van der Waals surface area contributed by atoms with Crippen molar-refractivity contribution in [1.82, 2.24) is 19.7 Å². The van der Waals surface area contributed by atoms with Gasteiger partial charge in [0, 0.05) is 12.1 Å². The Morgan fingerprint density at radius 3 is 2.89 bits per heavy atom. The molecule has 5 N–H and O–H groups in total. The Kier molecular flexibility index (Phi) is 4.36. The molecule has 27 heavy (non-hydrogen) atoms. The summed E-state index contributed by atoms with van der Waals surface area (Å²) in [6, 6.07) is 5.15. The molecule has 2 atom stereocenters. The second-order valence-corrected chi connectivity index (χ2v) is 6.75. The van der Waals surface area contributed by atoms with Gasteiger partial charge < -0.3 is 21.2 Å². The Morgan fingerprint density at radius 2 is 2.19 bits per heavy atom. The zero-order valence-electron chi connectivity index (χ0n) is 14.6. The molecule has 0 saturated heterocycles. The van der Waals surface area contributed by atoms with Gasteiger partial charge in [0.15, 0.2) is 17.1 Å². The summed E-state index contributed by atoms with van der Waals surface area (Å²) in [5.74, 6) is -0.531. The molecule has 9 heteroatoms. The van der Waals surface area contributed by atoms with Crippen LogP contribution in [0.5, 0.6) is 0 Å². The van der Waals surface area contributed by atoms with Crippen LogP contribution in [0.1, 0.15) is 46.7 Å². The predicted molar refractivity (Wildman–Crippen MR) is 96.9 cm³/mol. The topological polar surface area (TPSA) is 142 Å². The van der Waals surface area contributed by atoms with E-state index in [1.807, 2.05) is 0 Å². The molecule has 0 spiro atoms. The highest BCUT2D eigenvalue weighted by Crippen LogP contribution is 2.23. The number of primary amides is 1. The van der Waals surface area contributed by atoms with Gasteiger partial charge in [-0.25, -0.2) is 9.97 Å². The van der Waals surface area contributed by atoms with Crippen molar-refractivity contribution >= 4 is 17.5 Å². The average Bonchev–Trinajstić information content (AvgIpc) is 3.30. The first-order valence-electron chi connectivity index (χ1n) is 8.81. The summed E-state index contributed by atoms with van der Waals surface area (Å²) in [7, 11) is 0. The van der Waals surface area contributed by atoms with Crippen LogP contribution in [0.3, 0.4) is 0 Å². The number of nitrogens with zero attached hydrogens (tertiary/aromatic N) is 3. The number of imidazole rings is 1. The largest absolute Gasteiger partial charge is 0.463 e. The Balaban J connectivity index is 1.76. The molecule has 2 amide bonds. The quantitative estimate of drug-likeness (QED) is 0.629. The zero-order valence-corrected chi connectivity index (χ0v) is 14.6. The number of amides is 2. The lowest BCUT2D eigenvalue weighted by Crippen LogP contribution is -2.42. The van der Waals surface area contributed by atoms with E-state index in [0.717, 1.165) is 25.7 Å². The summed E-state index contributed by atoms with van der Waals surface area (Å²) in [5, 5.41) is 3.03. The summed E-state index contributed by atoms with van der Waals surface area (Å²) in [4.78, 5) is 33.1. The van der Waals surface area contributed by atoms with E-state index >= 15 is 0 Å². The highest BCUT2D eigenvalue weighted by atomic mass is 16.3. The zero-order chi connectivity index (χ0) is 19.0. The van der Waals surface area contributed by atoms with Crippen molar-refractivity contribution in [3.05, 3.63) is 42.2 Å². The van der Waals surface area contributed by atoms with Crippen molar-refractivity contribution in [2.24, 2.45) is 11.5 Å². The third-order valence-electron chi connectivity index (χ3n) is 4.79. The standard InChI is InChI=1S/C18H20N6O3/c19-10-3-1-4-11(7-10)22-18(26)13-8-12(14-5-2-6-27-14)23-17-15(16(20)25)21-9-24(13)17/h2,5-6,8-11H,1,3-4,7,19H2,(H2,20,25)(H,22,26). The van der Waals surface area contributed by atoms with Crippen LogP contribution in [0.15, 0.2) is 35.2 Å². The molecule has 0 aromatic carbocycles. The van der Waals surface area contributed by atoms with Crippen molar-refractivity contribution in [2.45, 2.75) is 37.8 Å². The Bertz CT molecular complexity index is 994. The fraction of sp³-hybridized carbons (Fsp3) is 0.333. The summed E-state index contributed by atoms with van der Waals surface area (Å²) in [6.07, 6.45) is 6.45. The molecular formula is C18H20N6O3. The van der Waals surface area contributed by atoms with E-state index in [4.69, 9.17) is 15.9 Å². The number of rotatable bonds is 4. The first-order chi connectivity index (χ1) is 13.0. The Labute approximate surface area is 154 Å². The van der Waals surface area contributed by atoms with Crippen molar-refractivity contribution < 1.29 is 14.0 Å². The summed E-state index contributed by atoms with van der Waals surface area (Å²) >= 11 is 0. The van der Waals surface area contributed by atoms with Gasteiger partial charge in [0.25, 0.3) is 11.8 Å². The van der Waals surface area contributed by atoms with Crippen LogP contribution in [0.25, 0.3) is 17.1 Å². The van der Waals surface area contributed by atoms with Gasteiger partial charge in [-0.05, 0) is 43.9 Å². The minimum atomic E-state index is -0.716. The molecule has 3 aromatic heterocycles. The molecule has 1 fully saturated rings. The number of nitrogens with two attached hydrogens (primary N) is 2. The lowest BCUT2D eigenvalue weighted by atomic mass is 9.91. The number of aromatic nitrogens is 3. The maximum absolute atomic E-state index is 13.0. The SMILES string of the molecule is NC(=O)c1ncn2c(C(=O)NC3CCCC(N)C3)cc(-c3ccco3)nc12. The molecule has 140 valence electrons. The monoisotopic (exact) mass is 368 g/mol. The van der Waals surface area contributed by atoms with Crippen LogP contribution < -0.4 is 16.8 Å². The van der Waals surface area contributed by atoms with Crippen LogP contribution in [-0.2, 0) is 0 Å². The van der Waals surface area contributed by atoms with Crippen LogP contribution >= 0.6 is 0 Å². The fourth-order valence-corrected chi connectivity index (χ4v) is 3.49. The first-order valence-corrected chi connectivity index (χ1v) is 8.81. The number of nitrogens with one attached hydrogen (secondary N) is 1. The molecule has 0 radical (unpaired) electrons. The van der Waals surface area contributed by atoms with E-state index in [2.05, 4.69) is 15.3 Å². The molecule has 1 saturated carbocycles. The summed E-state index contributed by atoms with van der Waals surface area (Å²) in [5.41, 5.74) is 12.3. The van der Waals surface area contributed by atoms with Gasteiger partial charge in [-0.3, -0.25) is 14.0 Å². The molecule has 2 unspecified atom stereocenters. The smallest absolute Gasteiger partial charge is 0.271 e. The number of carbonyl (C=O) groups is 2. The number of fused-ring (bicyclic) bond motifs is 1. The lowest BCUT2D eigenvalue weighted by molar-refractivity contribution is 0.0917. The summed E-state index contributed by atoms with van der Waals surface area (Å²) in [6.45, 7) is 0. The van der Waals surface area contributed by atoms with E-state index in [9.17, 15) is 9.59 Å². The van der Waals surface area contributed by atoms with Crippen LogP contribution in [0.2, 0.25) is 0 Å². The minimum Gasteiger partial charge on any atom is -0.463 e. The molecular weight excluding hydrogens is 348 g/mol. The van der Waals surface area contributed by atoms with Crippen molar-refractivity contribution in [2.75, 3.05) is 0 Å². The van der Waals surface area contributed by atoms with Crippen LogP contribution in [0.4, 0.5) is 0 Å². The number of furan rings is 1.